The first-order valence-corrected chi connectivity index (χ1v) is 13.1. The SMILES string of the molecule is CC.CC.CCC(C)(C)C(=O)N(C=O)C1=CC=C(S(=O)c2c(C)nn(CCNC)c2C)CC1. The summed E-state index contributed by atoms with van der Waals surface area (Å²) in [4.78, 5) is 27.0. The second-order valence-electron chi connectivity index (χ2n) is 7.90. The van der Waals surface area contributed by atoms with Crippen molar-refractivity contribution in [3.8, 4) is 0 Å². The van der Waals surface area contributed by atoms with Crippen LogP contribution >= 0.6 is 0 Å². The van der Waals surface area contributed by atoms with Crippen LogP contribution in [0.2, 0.25) is 0 Å². The number of nitrogens with one attached hydrogen (secondary N) is 1. The molecule has 0 bridgehead atoms. The molecule has 1 unspecified atom stereocenters. The number of aromatic nitrogens is 2. The zero-order valence-corrected chi connectivity index (χ0v) is 23.1. The summed E-state index contributed by atoms with van der Waals surface area (Å²) in [6.45, 7) is 18.9. The van der Waals surface area contributed by atoms with Crippen LogP contribution < -0.4 is 5.32 Å². The highest BCUT2D eigenvalue weighted by Crippen LogP contribution is 2.31. The van der Waals surface area contributed by atoms with Gasteiger partial charge in [-0.05, 0) is 52.3 Å². The van der Waals surface area contributed by atoms with Crippen LogP contribution in [0.4, 0.5) is 0 Å². The molecule has 1 heterocycles. The monoisotopic (exact) mass is 480 g/mol. The standard InChI is InChI=1S/C21H32N4O3S.2C2H6/c1-7-21(4,5)20(27)24(14-26)17-8-10-18(11-9-17)29(28)19-15(2)23-25(16(19)3)13-12-22-6;2*1-2/h8,10,14,22H,7,9,11-13H2,1-6H3;2*1-2H3. The third kappa shape index (κ3) is 7.74. The van der Waals surface area contributed by atoms with Crippen molar-refractivity contribution >= 4 is 23.1 Å². The number of likely N-dealkylation sites (N-methyl/N-ethyl adjacent to an activating group) is 1. The summed E-state index contributed by atoms with van der Waals surface area (Å²) in [7, 11) is 0.569. The molecule has 1 N–H and O–H groups in total. The zero-order chi connectivity index (χ0) is 25.8. The molecule has 1 aliphatic carbocycles. The highest BCUT2D eigenvalue weighted by molar-refractivity contribution is 7.89. The van der Waals surface area contributed by atoms with Crippen LogP contribution in [0, 0.1) is 19.3 Å². The van der Waals surface area contributed by atoms with Gasteiger partial charge in [-0.1, -0.05) is 48.5 Å². The molecular weight excluding hydrogens is 436 g/mol. The number of carbonyl (C=O) groups excluding carboxylic acids is 2. The summed E-state index contributed by atoms with van der Waals surface area (Å²) < 4.78 is 15.1. The first-order valence-electron chi connectivity index (χ1n) is 12.0. The number of hydrogen-bond acceptors (Lipinski definition) is 5. The van der Waals surface area contributed by atoms with Crippen molar-refractivity contribution < 1.29 is 13.8 Å². The van der Waals surface area contributed by atoms with Crippen LogP contribution in [-0.2, 0) is 26.9 Å². The smallest absolute Gasteiger partial charge is 0.238 e. The van der Waals surface area contributed by atoms with E-state index in [1.54, 1.807) is 12.2 Å². The second kappa shape index (κ2) is 15.0. The molecule has 2 amide bonds. The van der Waals surface area contributed by atoms with E-state index in [4.69, 9.17) is 0 Å². The van der Waals surface area contributed by atoms with E-state index in [1.165, 1.54) is 4.90 Å². The van der Waals surface area contributed by atoms with Gasteiger partial charge in [-0.25, -0.2) is 4.21 Å². The van der Waals surface area contributed by atoms with E-state index in [-0.39, 0.29) is 5.91 Å². The number of aryl methyl sites for hydroxylation is 1. The molecular formula is C25H44N4O3S. The molecule has 33 heavy (non-hydrogen) atoms. The second-order valence-corrected chi connectivity index (χ2v) is 9.37. The molecule has 0 saturated carbocycles. The Labute approximate surface area is 203 Å². The van der Waals surface area contributed by atoms with E-state index < -0.39 is 16.2 Å². The zero-order valence-electron chi connectivity index (χ0n) is 22.2. The fourth-order valence-electron chi connectivity index (χ4n) is 3.20. The van der Waals surface area contributed by atoms with Crippen molar-refractivity contribution in [2.24, 2.45) is 5.41 Å². The molecule has 1 aliphatic rings. The van der Waals surface area contributed by atoms with E-state index in [0.717, 1.165) is 27.7 Å². The van der Waals surface area contributed by atoms with Gasteiger partial charge in [-0.15, -0.1) is 0 Å². The van der Waals surface area contributed by atoms with Gasteiger partial charge in [0.25, 0.3) is 0 Å². The third-order valence-electron chi connectivity index (χ3n) is 5.50. The molecule has 0 aromatic carbocycles. The first-order chi connectivity index (χ1) is 15.7. The lowest BCUT2D eigenvalue weighted by Gasteiger charge is -2.29. The first kappa shape index (κ1) is 30.9. The van der Waals surface area contributed by atoms with Gasteiger partial charge in [0.1, 0.15) is 0 Å². The highest BCUT2D eigenvalue weighted by Gasteiger charge is 2.32. The molecule has 0 spiro atoms. The maximum atomic E-state index is 13.2. The average molecular weight is 481 g/mol. The molecule has 0 radical (unpaired) electrons. The van der Waals surface area contributed by atoms with Gasteiger partial charge in [-0.3, -0.25) is 19.2 Å². The third-order valence-corrected chi connectivity index (χ3v) is 7.28. The number of hydrogen-bond donors (Lipinski definition) is 1. The average Bonchev–Trinajstić information content (AvgIpc) is 3.13. The van der Waals surface area contributed by atoms with Crippen LogP contribution in [0.3, 0.4) is 0 Å². The fourth-order valence-corrected chi connectivity index (χ4v) is 4.63. The number of allylic oxidation sites excluding steroid dienone is 4. The summed E-state index contributed by atoms with van der Waals surface area (Å²) >= 11 is 0. The number of imide groups is 1. The molecule has 7 nitrogen and oxygen atoms in total. The van der Waals surface area contributed by atoms with Gasteiger partial charge in [0.05, 0.1) is 33.6 Å². The summed E-state index contributed by atoms with van der Waals surface area (Å²) in [5, 5.41) is 7.61. The van der Waals surface area contributed by atoms with Gasteiger partial charge < -0.3 is 5.32 Å². The topological polar surface area (TPSA) is 84.3 Å². The molecule has 2 rings (SSSR count). The molecule has 188 valence electrons. The summed E-state index contributed by atoms with van der Waals surface area (Å²) in [5.74, 6) is -0.211. The minimum Gasteiger partial charge on any atom is -0.318 e. The number of rotatable bonds is 9. The Kier molecular flexibility index (Phi) is 14.0. The largest absolute Gasteiger partial charge is 0.318 e. The van der Waals surface area contributed by atoms with Gasteiger partial charge in [-0.2, -0.15) is 5.10 Å². The van der Waals surface area contributed by atoms with Crippen molar-refractivity contribution in [3.05, 3.63) is 34.1 Å². The van der Waals surface area contributed by atoms with E-state index in [9.17, 15) is 13.8 Å². The van der Waals surface area contributed by atoms with Gasteiger partial charge in [0.15, 0.2) is 0 Å². The molecule has 1 aromatic heterocycles. The van der Waals surface area contributed by atoms with Crippen LogP contribution in [-0.4, -0.2) is 44.8 Å². The minimum absolute atomic E-state index is 0.211. The van der Waals surface area contributed by atoms with Crippen molar-refractivity contribution in [2.75, 3.05) is 13.6 Å². The Morgan fingerprint density at radius 3 is 2.27 bits per heavy atom. The number of nitrogens with zero attached hydrogens (tertiary/aromatic N) is 3. The molecule has 0 saturated heterocycles. The van der Waals surface area contributed by atoms with Crippen LogP contribution in [0.1, 0.15) is 79.1 Å². The van der Waals surface area contributed by atoms with E-state index in [0.29, 0.717) is 37.9 Å². The maximum absolute atomic E-state index is 13.2. The number of carbonyl (C=O) groups is 2. The van der Waals surface area contributed by atoms with E-state index >= 15 is 0 Å². The minimum atomic E-state index is -1.32. The Hall–Kier alpha value is -2.06. The Bertz CT molecular complexity index is 869. The van der Waals surface area contributed by atoms with Crippen molar-refractivity contribution in [1.29, 1.82) is 0 Å². The predicted molar refractivity (Wildman–Crippen MR) is 137 cm³/mol. The lowest BCUT2D eigenvalue weighted by atomic mass is 9.88. The highest BCUT2D eigenvalue weighted by atomic mass is 32.2. The molecule has 1 atom stereocenters. The lowest BCUT2D eigenvalue weighted by Crippen LogP contribution is -2.39. The predicted octanol–water partition coefficient (Wildman–Crippen LogP) is 4.86. The quantitative estimate of drug-likeness (QED) is 0.510. The van der Waals surface area contributed by atoms with Crippen LogP contribution in [0.25, 0.3) is 0 Å². The van der Waals surface area contributed by atoms with E-state index in [1.807, 2.05) is 74.0 Å². The molecule has 0 aliphatic heterocycles. The Morgan fingerprint density at radius 2 is 1.82 bits per heavy atom. The van der Waals surface area contributed by atoms with Crippen LogP contribution in [0.5, 0.6) is 0 Å². The van der Waals surface area contributed by atoms with Crippen molar-refractivity contribution in [3.63, 3.8) is 0 Å². The van der Waals surface area contributed by atoms with E-state index in [2.05, 4.69) is 10.4 Å². The van der Waals surface area contributed by atoms with Gasteiger partial charge >= 0.3 is 0 Å². The summed E-state index contributed by atoms with van der Waals surface area (Å²) in [5.41, 5.74) is 1.71. The van der Waals surface area contributed by atoms with Gasteiger partial charge in [0, 0.05) is 22.6 Å². The Balaban J connectivity index is 0.00000242. The molecule has 0 fully saturated rings. The molecule has 1 aromatic rings. The fraction of sp³-hybridized carbons (Fsp3) is 0.640. The summed E-state index contributed by atoms with van der Waals surface area (Å²) in [6.07, 6.45) is 5.77. The van der Waals surface area contributed by atoms with Crippen LogP contribution in [0.15, 0.2) is 27.6 Å². The molecule has 8 heteroatoms. The van der Waals surface area contributed by atoms with Crippen molar-refractivity contribution in [2.45, 2.75) is 93.0 Å². The number of amides is 2. The van der Waals surface area contributed by atoms with Gasteiger partial charge in [0.2, 0.25) is 12.3 Å². The maximum Gasteiger partial charge on any atom is 0.238 e. The van der Waals surface area contributed by atoms with Crippen molar-refractivity contribution in [1.82, 2.24) is 20.0 Å². The summed E-state index contributed by atoms with van der Waals surface area (Å²) in [6, 6.07) is 0. The Morgan fingerprint density at radius 1 is 1.21 bits per heavy atom. The normalized spacial score (nSPS) is 14.0. The lowest BCUT2D eigenvalue weighted by molar-refractivity contribution is -0.143.